The number of primary sulfonamides is 1. The number of piperazine rings is 1. The highest BCUT2D eigenvalue weighted by atomic mass is 32.2. The van der Waals surface area contributed by atoms with Crippen LogP contribution in [0.5, 0.6) is 5.75 Å². The summed E-state index contributed by atoms with van der Waals surface area (Å²) < 4.78 is 28.3. The van der Waals surface area contributed by atoms with E-state index in [4.69, 9.17) is 9.88 Å². The molecule has 2 aromatic carbocycles. The Bertz CT molecular complexity index is 1410. The number of methoxy groups -OCH3 is 1. The van der Waals surface area contributed by atoms with Gasteiger partial charge in [-0.1, -0.05) is 12.1 Å². The van der Waals surface area contributed by atoms with Gasteiger partial charge in [0.25, 0.3) is 5.91 Å². The molecule has 2 amide bonds. The van der Waals surface area contributed by atoms with Gasteiger partial charge < -0.3 is 19.5 Å². The molecule has 0 unspecified atom stereocenters. The largest absolute Gasteiger partial charge is 0.497 e. The minimum Gasteiger partial charge on any atom is -0.497 e. The van der Waals surface area contributed by atoms with E-state index in [-0.39, 0.29) is 23.3 Å². The van der Waals surface area contributed by atoms with E-state index in [0.717, 1.165) is 33.5 Å². The molecule has 1 saturated heterocycles. The highest BCUT2D eigenvalue weighted by Crippen LogP contribution is 2.42. The summed E-state index contributed by atoms with van der Waals surface area (Å²) >= 11 is 0. The molecule has 1 atom stereocenters. The Morgan fingerprint density at radius 2 is 1.88 bits per heavy atom. The van der Waals surface area contributed by atoms with Gasteiger partial charge in [-0.3, -0.25) is 9.59 Å². The van der Waals surface area contributed by atoms with Crippen LogP contribution in [0, 0.1) is 0 Å². The van der Waals surface area contributed by atoms with Crippen LogP contribution in [0.25, 0.3) is 10.9 Å². The van der Waals surface area contributed by atoms with Gasteiger partial charge in [0.15, 0.2) is 5.54 Å². The Hall–Kier alpha value is -3.37. The number of ether oxygens (including phenoxy) is 1. The Balaban J connectivity index is 1.44. The average molecular weight is 483 g/mol. The fourth-order valence-electron chi connectivity index (χ4n) is 5.13. The number of nitrogens with zero attached hydrogens (tertiary/aromatic N) is 2. The van der Waals surface area contributed by atoms with E-state index < -0.39 is 15.6 Å². The number of sulfonamides is 1. The summed E-state index contributed by atoms with van der Waals surface area (Å²) in [6, 6.07) is 12.0. The van der Waals surface area contributed by atoms with Gasteiger partial charge in [0.2, 0.25) is 15.9 Å². The third-order valence-corrected chi connectivity index (χ3v) is 7.91. The Morgan fingerprint density at radius 1 is 1.15 bits per heavy atom. The molecule has 3 N–H and O–H groups in total. The molecule has 0 bridgehead atoms. The first-order valence-electron chi connectivity index (χ1n) is 11.0. The van der Waals surface area contributed by atoms with Gasteiger partial charge in [-0.15, -0.1) is 0 Å². The summed E-state index contributed by atoms with van der Waals surface area (Å²) in [6.45, 7) is 2.64. The molecule has 5 rings (SSSR count). The summed E-state index contributed by atoms with van der Waals surface area (Å²) in [5.41, 5.74) is 2.42. The minimum absolute atomic E-state index is 0.0209. The van der Waals surface area contributed by atoms with Crippen LogP contribution < -0.4 is 9.88 Å². The lowest BCUT2D eigenvalue weighted by atomic mass is 9.83. The van der Waals surface area contributed by atoms with Crippen LogP contribution in [-0.4, -0.2) is 61.8 Å². The number of H-pyrrole nitrogens is 1. The van der Waals surface area contributed by atoms with Crippen molar-refractivity contribution in [3.8, 4) is 5.75 Å². The van der Waals surface area contributed by atoms with Crippen molar-refractivity contribution in [3.05, 3.63) is 59.3 Å². The van der Waals surface area contributed by atoms with Gasteiger partial charge in [-0.05, 0) is 61.2 Å². The molecule has 2 aliphatic heterocycles. The molecule has 3 heterocycles. The highest BCUT2D eigenvalue weighted by Gasteiger charge is 2.53. The molecule has 3 aromatic rings. The molecule has 2 aliphatic rings. The predicted molar refractivity (Wildman–Crippen MR) is 126 cm³/mol. The number of nitrogens with two attached hydrogens (primary N) is 1. The fourth-order valence-corrected chi connectivity index (χ4v) is 5.64. The van der Waals surface area contributed by atoms with Crippen molar-refractivity contribution < 1.29 is 22.7 Å². The lowest BCUT2D eigenvalue weighted by Gasteiger charge is -2.49. The second kappa shape index (κ2) is 7.85. The van der Waals surface area contributed by atoms with E-state index in [9.17, 15) is 18.0 Å². The number of carbonyl (C=O) groups excluding carboxylic acids is 2. The van der Waals surface area contributed by atoms with Crippen molar-refractivity contribution >= 4 is 32.7 Å². The predicted octanol–water partition coefficient (Wildman–Crippen LogP) is 1.51. The second-order valence-corrected chi connectivity index (χ2v) is 10.5. The number of benzene rings is 2. The average Bonchev–Trinajstić information content (AvgIpc) is 3.19. The maximum Gasteiger partial charge on any atom is 0.254 e. The van der Waals surface area contributed by atoms with Crippen LogP contribution in [0.3, 0.4) is 0 Å². The quantitative estimate of drug-likeness (QED) is 0.570. The van der Waals surface area contributed by atoms with Crippen LogP contribution in [0.2, 0.25) is 0 Å². The van der Waals surface area contributed by atoms with Crippen LogP contribution in [0.1, 0.15) is 23.7 Å². The third kappa shape index (κ3) is 3.45. The van der Waals surface area contributed by atoms with Gasteiger partial charge in [-0.25, -0.2) is 13.6 Å². The molecule has 0 saturated carbocycles. The van der Waals surface area contributed by atoms with E-state index in [2.05, 4.69) is 4.98 Å². The van der Waals surface area contributed by atoms with Gasteiger partial charge in [0.05, 0.1) is 24.2 Å². The van der Waals surface area contributed by atoms with Crippen molar-refractivity contribution in [2.24, 2.45) is 5.14 Å². The van der Waals surface area contributed by atoms with Crippen molar-refractivity contribution in [1.29, 1.82) is 0 Å². The first-order valence-corrected chi connectivity index (χ1v) is 12.6. The molecule has 9 nitrogen and oxygen atoms in total. The molecule has 178 valence electrons. The van der Waals surface area contributed by atoms with Crippen molar-refractivity contribution in [1.82, 2.24) is 14.8 Å². The number of fused-ring (bicyclic) bond motifs is 5. The van der Waals surface area contributed by atoms with Crippen molar-refractivity contribution in [2.75, 3.05) is 26.7 Å². The minimum atomic E-state index is -3.76. The summed E-state index contributed by atoms with van der Waals surface area (Å²) in [4.78, 5) is 33.6. The van der Waals surface area contributed by atoms with E-state index in [1.165, 1.54) is 12.1 Å². The number of rotatable bonds is 5. The third-order valence-electron chi connectivity index (χ3n) is 6.98. The number of hydrogen-bond acceptors (Lipinski definition) is 5. The number of hydrogen-bond donors (Lipinski definition) is 2. The van der Waals surface area contributed by atoms with Gasteiger partial charge in [0, 0.05) is 24.0 Å². The van der Waals surface area contributed by atoms with E-state index in [0.29, 0.717) is 25.9 Å². The summed E-state index contributed by atoms with van der Waals surface area (Å²) in [5, 5.41) is 6.16. The van der Waals surface area contributed by atoms with E-state index in [1.54, 1.807) is 29.0 Å². The Morgan fingerprint density at radius 3 is 2.56 bits per heavy atom. The molecule has 0 spiro atoms. The second-order valence-electron chi connectivity index (χ2n) is 8.92. The van der Waals surface area contributed by atoms with Crippen LogP contribution in [-0.2, 0) is 38.0 Å². The normalized spacial score (nSPS) is 20.4. The monoisotopic (exact) mass is 482 g/mol. The lowest BCUT2D eigenvalue weighted by molar-refractivity contribution is -0.165. The summed E-state index contributed by atoms with van der Waals surface area (Å²) in [7, 11) is -2.14. The van der Waals surface area contributed by atoms with Gasteiger partial charge in [-0.2, -0.15) is 0 Å². The summed E-state index contributed by atoms with van der Waals surface area (Å²) in [5.74, 6) is 0.518. The van der Waals surface area contributed by atoms with Crippen molar-refractivity contribution in [2.45, 2.75) is 30.2 Å². The zero-order valence-corrected chi connectivity index (χ0v) is 19.8. The lowest BCUT2D eigenvalue weighted by Crippen LogP contribution is -2.67. The molecule has 1 fully saturated rings. The first-order chi connectivity index (χ1) is 16.1. The topological polar surface area (TPSA) is 126 Å². The van der Waals surface area contributed by atoms with Gasteiger partial charge in [0.1, 0.15) is 5.75 Å². The zero-order valence-electron chi connectivity index (χ0n) is 19.0. The molecular formula is C24H26N4O5S. The molecular weight excluding hydrogens is 456 g/mol. The van der Waals surface area contributed by atoms with E-state index >= 15 is 0 Å². The molecule has 10 heteroatoms. The number of nitrogens with one attached hydrogen (secondary N) is 1. The zero-order chi connectivity index (χ0) is 24.3. The first kappa shape index (κ1) is 22.4. The van der Waals surface area contributed by atoms with Crippen molar-refractivity contribution in [3.63, 3.8) is 0 Å². The number of aromatic amines is 1. The highest BCUT2D eigenvalue weighted by molar-refractivity contribution is 7.89. The van der Waals surface area contributed by atoms with Crippen LogP contribution in [0.4, 0.5) is 0 Å². The van der Waals surface area contributed by atoms with Gasteiger partial charge >= 0.3 is 0 Å². The maximum absolute atomic E-state index is 13.8. The molecule has 0 aliphatic carbocycles. The molecule has 0 radical (unpaired) electrons. The maximum atomic E-state index is 13.8. The van der Waals surface area contributed by atoms with Crippen LogP contribution >= 0.6 is 0 Å². The molecule has 34 heavy (non-hydrogen) atoms. The van der Waals surface area contributed by atoms with Crippen LogP contribution in [0.15, 0.2) is 47.4 Å². The molecule has 1 aromatic heterocycles. The fraction of sp³-hybridized carbons (Fsp3) is 0.333. The number of aromatic nitrogens is 1. The Labute approximate surface area is 197 Å². The standard InChI is InChI=1S/C24H26N4O5S/c1-24-22-18(19-13-16(33-2)5-8-20(19)26-22)10-12-28(24)21(29)14-27(23(24)30)11-9-15-3-6-17(7-4-15)34(25,31)32/h3-8,13,26H,9-12,14H2,1-2H3,(H2,25,31,32)/t24-/m1/s1. The smallest absolute Gasteiger partial charge is 0.254 e. The SMILES string of the molecule is COc1ccc2[nH]c3c(c2c1)CCN1C(=O)CN(CCc2ccc(S(N)(=O)=O)cc2)C(=O)[C@@]31C. The number of carbonyl (C=O) groups is 2. The Kier molecular flexibility index (Phi) is 5.18. The van der Waals surface area contributed by atoms with E-state index in [1.807, 2.05) is 25.1 Å². The number of amides is 2. The summed E-state index contributed by atoms with van der Waals surface area (Å²) in [6.07, 6.45) is 1.14.